The average molecular weight is 653 g/mol. The Morgan fingerprint density at radius 1 is 0.818 bits per heavy atom. The number of carbonyl (C=O) groups is 2. The summed E-state index contributed by atoms with van der Waals surface area (Å²) in [5.41, 5.74) is 3.39. The van der Waals surface area contributed by atoms with Crippen LogP contribution in [0.4, 0.5) is 5.69 Å². The first-order valence-corrected chi connectivity index (χ1v) is 16.4. The van der Waals surface area contributed by atoms with E-state index in [1.165, 1.54) is 17.0 Å². The van der Waals surface area contributed by atoms with E-state index in [0.29, 0.717) is 33.4 Å². The van der Waals surface area contributed by atoms with Crippen molar-refractivity contribution in [3.8, 4) is 0 Å². The summed E-state index contributed by atoms with van der Waals surface area (Å²) in [6.07, 6.45) is 0.217. The molecule has 10 heteroatoms. The van der Waals surface area contributed by atoms with Crippen LogP contribution in [0.5, 0.6) is 0 Å². The topological polar surface area (TPSA) is 86.8 Å². The van der Waals surface area contributed by atoms with Gasteiger partial charge in [-0.15, -0.1) is 0 Å². The molecular weight excluding hydrogens is 617 g/mol. The molecule has 0 aromatic heterocycles. The van der Waals surface area contributed by atoms with Crippen molar-refractivity contribution in [2.45, 2.75) is 44.7 Å². The highest BCUT2D eigenvalue weighted by Crippen LogP contribution is 2.29. The molecule has 0 radical (unpaired) electrons. The summed E-state index contributed by atoms with van der Waals surface area (Å²) in [6, 6.07) is 26.9. The van der Waals surface area contributed by atoms with Crippen LogP contribution in [0.25, 0.3) is 0 Å². The van der Waals surface area contributed by atoms with Gasteiger partial charge in [0.1, 0.15) is 12.6 Å². The monoisotopic (exact) mass is 651 g/mol. The Morgan fingerprint density at radius 3 is 2.11 bits per heavy atom. The summed E-state index contributed by atoms with van der Waals surface area (Å²) in [7, 11) is -4.18. The molecule has 4 rings (SSSR count). The van der Waals surface area contributed by atoms with Crippen LogP contribution < -0.4 is 9.62 Å². The first-order chi connectivity index (χ1) is 21.0. The van der Waals surface area contributed by atoms with E-state index in [1.807, 2.05) is 49.4 Å². The van der Waals surface area contributed by atoms with E-state index in [1.54, 1.807) is 56.3 Å². The average Bonchev–Trinajstić information content (AvgIpc) is 3.01. The smallest absolute Gasteiger partial charge is 0.264 e. The number of amides is 2. The molecule has 0 aliphatic rings. The molecule has 4 aromatic carbocycles. The van der Waals surface area contributed by atoms with Crippen molar-refractivity contribution < 1.29 is 18.0 Å². The second-order valence-electron chi connectivity index (χ2n) is 10.5. The molecule has 0 saturated carbocycles. The van der Waals surface area contributed by atoms with Gasteiger partial charge in [-0.25, -0.2) is 8.42 Å². The number of halogens is 2. The van der Waals surface area contributed by atoms with Crippen molar-refractivity contribution in [1.29, 1.82) is 0 Å². The van der Waals surface area contributed by atoms with E-state index in [4.69, 9.17) is 23.2 Å². The summed E-state index contributed by atoms with van der Waals surface area (Å²) < 4.78 is 29.4. The molecule has 0 aliphatic heterocycles. The summed E-state index contributed by atoms with van der Waals surface area (Å²) >= 11 is 12.5. The third-order valence-corrected chi connectivity index (χ3v) is 9.72. The van der Waals surface area contributed by atoms with E-state index in [2.05, 4.69) is 5.32 Å². The minimum atomic E-state index is -4.18. The number of carbonyl (C=O) groups excluding carboxylic acids is 2. The highest BCUT2D eigenvalue weighted by Gasteiger charge is 2.35. The van der Waals surface area contributed by atoms with Gasteiger partial charge in [0.2, 0.25) is 11.8 Å². The van der Waals surface area contributed by atoms with Crippen LogP contribution in [0.15, 0.2) is 102 Å². The van der Waals surface area contributed by atoms with Crippen LogP contribution in [-0.4, -0.2) is 44.3 Å². The summed E-state index contributed by atoms with van der Waals surface area (Å²) in [6.45, 7) is 5.28. The van der Waals surface area contributed by atoms with Gasteiger partial charge in [0, 0.05) is 19.5 Å². The molecule has 7 nitrogen and oxygen atoms in total. The SMILES string of the molecule is CCNC(=O)C(Cc1ccccc1)N(Cc1ccc(Cl)c(Cl)c1)C(=O)CN(c1cc(C)ccc1C)S(=O)(=O)c1ccccc1. The van der Waals surface area contributed by atoms with E-state index >= 15 is 0 Å². The van der Waals surface area contributed by atoms with Gasteiger partial charge in [0.25, 0.3) is 10.0 Å². The fourth-order valence-electron chi connectivity index (χ4n) is 4.90. The number of anilines is 1. The van der Waals surface area contributed by atoms with Crippen molar-refractivity contribution in [2.75, 3.05) is 17.4 Å². The van der Waals surface area contributed by atoms with Crippen LogP contribution in [0, 0.1) is 13.8 Å². The molecule has 0 spiro atoms. The lowest BCUT2D eigenvalue weighted by Crippen LogP contribution is -2.53. The van der Waals surface area contributed by atoms with Crippen molar-refractivity contribution in [3.05, 3.63) is 129 Å². The molecule has 1 N–H and O–H groups in total. The predicted octanol–water partition coefficient (Wildman–Crippen LogP) is 6.58. The lowest BCUT2D eigenvalue weighted by Gasteiger charge is -2.34. The number of hydrogen-bond donors (Lipinski definition) is 1. The minimum Gasteiger partial charge on any atom is -0.355 e. The third kappa shape index (κ3) is 8.00. The van der Waals surface area contributed by atoms with E-state index in [0.717, 1.165) is 15.4 Å². The molecule has 0 heterocycles. The Hall–Kier alpha value is -3.85. The number of likely N-dealkylation sites (N-methyl/N-ethyl adjacent to an activating group) is 1. The maximum absolute atomic E-state index is 14.5. The molecule has 4 aromatic rings. The maximum Gasteiger partial charge on any atom is 0.264 e. The lowest BCUT2D eigenvalue weighted by molar-refractivity contribution is -0.140. The largest absolute Gasteiger partial charge is 0.355 e. The molecule has 44 heavy (non-hydrogen) atoms. The number of nitrogens with one attached hydrogen (secondary N) is 1. The van der Waals surface area contributed by atoms with Gasteiger partial charge in [-0.2, -0.15) is 0 Å². The zero-order valence-electron chi connectivity index (χ0n) is 24.8. The van der Waals surface area contributed by atoms with Crippen LogP contribution in [-0.2, 0) is 32.6 Å². The fraction of sp³-hybridized carbons (Fsp3) is 0.235. The molecule has 1 atom stereocenters. The molecule has 1 unspecified atom stereocenters. The van der Waals surface area contributed by atoms with Crippen molar-refractivity contribution >= 4 is 50.7 Å². The van der Waals surface area contributed by atoms with Gasteiger partial charge in [0.15, 0.2) is 0 Å². The zero-order chi connectivity index (χ0) is 31.9. The summed E-state index contributed by atoms with van der Waals surface area (Å²) in [5, 5.41) is 3.51. The number of rotatable bonds is 12. The van der Waals surface area contributed by atoms with Crippen LogP contribution >= 0.6 is 23.2 Å². The van der Waals surface area contributed by atoms with Crippen LogP contribution in [0.3, 0.4) is 0 Å². The Labute approximate surface area is 269 Å². The van der Waals surface area contributed by atoms with Crippen molar-refractivity contribution in [3.63, 3.8) is 0 Å². The Morgan fingerprint density at radius 2 is 1.48 bits per heavy atom. The summed E-state index contributed by atoms with van der Waals surface area (Å²) in [4.78, 5) is 29.5. The first kappa shape index (κ1) is 33.1. The van der Waals surface area contributed by atoms with Gasteiger partial charge >= 0.3 is 0 Å². The van der Waals surface area contributed by atoms with Gasteiger partial charge in [0.05, 0.1) is 20.6 Å². The van der Waals surface area contributed by atoms with Crippen LogP contribution in [0.2, 0.25) is 10.0 Å². The predicted molar refractivity (Wildman–Crippen MR) is 177 cm³/mol. The van der Waals surface area contributed by atoms with Crippen LogP contribution in [0.1, 0.15) is 29.2 Å². The second-order valence-corrected chi connectivity index (χ2v) is 13.2. The Balaban J connectivity index is 1.83. The maximum atomic E-state index is 14.5. The van der Waals surface area contributed by atoms with E-state index in [9.17, 15) is 18.0 Å². The number of nitrogens with zero attached hydrogens (tertiary/aromatic N) is 2. The Kier molecular flexibility index (Phi) is 11.1. The number of hydrogen-bond acceptors (Lipinski definition) is 4. The quantitative estimate of drug-likeness (QED) is 0.187. The van der Waals surface area contributed by atoms with Crippen molar-refractivity contribution in [2.24, 2.45) is 0 Å². The first-order valence-electron chi connectivity index (χ1n) is 14.2. The van der Waals surface area contributed by atoms with Gasteiger partial charge in [-0.05, 0) is 73.4 Å². The Bertz CT molecular complexity index is 1720. The molecule has 230 valence electrons. The van der Waals surface area contributed by atoms with Gasteiger partial charge < -0.3 is 10.2 Å². The molecule has 0 bridgehead atoms. The number of sulfonamides is 1. The van der Waals surface area contributed by atoms with Gasteiger partial charge in [-0.3, -0.25) is 13.9 Å². The standard InChI is InChI=1S/C34H35Cl2N3O4S/c1-4-37-34(41)32(21-26-11-7-5-8-12-26)38(22-27-17-18-29(35)30(36)20-27)33(40)23-39(31-19-24(2)15-16-25(31)3)44(42,43)28-13-9-6-10-14-28/h5-20,32H,4,21-23H2,1-3H3,(H,37,41). The number of benzene rings is 4. The molecule has 2 amide bonds. The summed E-state index contributed by atoms with van der Waals surface area (Å²) in [5.74, 6) is -0.905. The van der Waals surface area contributed by atoms with E-state index in [-0.39, 0.29) is 23.8 Å². The highest BCUT2D eigenvalue weighted by molar-refractivity contribution is 7.92. The molecule has 0 aliphatic carbocycles. The second kappa shape index (κ2) is 14.8. The number of aryl methyl sites for hydroxylation is 2. The third-order valence-electron chi connectivity index (χ3n) is 7.20. The molecule has 0 fully saturated rings. The normalized spacial score (nSPS) is 11.9. The van der Waals surface area contributed by atoms with Crippen molar-refractivity contribution in [1.82, 2.24) is 10.2 Å². The van der Waals surface area contributed by atoms with Gasteiger partial charge in [-0.1, -0.05) is 89.9 Å². The highest BCUT2D eigenvalue weighted by atomic mass is 35.5. The minimum absolute atomic E-state index is 0.00359. The molecule has 0 saturated heterocycles. The lowest BCUT2D eigenvalue weighted by atomic mass is 10.0. The fourth-order valence-corrected chi connectivity index (χ4v) is 6.71. The molecular formula is C34H35Cl2N3O4S. The zero-order valence-corrected chi connectivity index (χ0v) is 27.2. The van der Waals surface area contributed by atoms with E-state index < -0.39 is 28.5 Å².